The Labute approximate surface area is 155 Å². The molecule has 0 saturated carbocycles. The van der Waals surface area contributed by atoms with Crippen LogP contribution in [0.25, 0.3) is 11.3 Å². The van der Waals surface area contributed by atoms with Gasteiger partial charge in [0.15, 0.2) is 0 Å². The first-order valence-corrected chi connectivity index (χ1v) is 8.68. The lowest BCUT2D eigenvalue weighted by Gasteiger charge is -2.33. The van der Waals surface area contributed by atoms with E-state index in [1.54, 1.807) is 22.0 Å². The van der Waals surface area contributed by atoms with Crippen LogP contribution in [0.4, 0.5) is 0 Å². The molecule has 1 aliphatic rings. The van der Waals surface area contributed by atoms with Gasteiger partial charge in [-0.2, -0.15) is 10.2 Å². The first-order chi connectivity index (χ1) is 12.6. The summed E-state index contributed by atoms with van der Waals surface area (Å²) in [6.45, 7) is 1.51. The number of carbonyl (C=O) groups is 1. The number of nitrogens with zero attached hydrogens (tertiary/aromatic N) is 4. The van der Waals surface area contributed by atoms with Crippen LogP contribution >= 0.6 is 11.6 Å². The van der Waals surface area contributed by atoms with Gasteiger partial charge in [0, 0.05) is 30.4 Å². The average molecular weight is 372 g/mol. The van der Waals surface area contributed by atoms with Crippen molar-refractivity contribution in [3.8, 4) is 11.3 Å². The number of hydrogen-bond donors (Lipinski definition) is 1. The van der Waals surface area contributed by atoms with Gasteiger partial charge in [-0.3, -0.25) is 14.6 Å². The van der Waals surface area contributed by atoms with Gasteiger partial charge in [0.25, 0.3) is 5.91 Å². The zero-order valence-electron chi connectivity index (χ0n) is 14.2. The van der Waals surface area contributed by atoms with E-state index in [2.05, 4.69) is 15.3 Å². The summed E-state index contributed by atoms with van der Waals surface area (Å²) in [7, 11) is 1.83. The van der Waals surface area contributed by atoms with E-state index in [-0.39, 0.29) is 12.0 Å². The van der Waals surface area contributed by atoms with E-state index in [0.29, 0.717) is 36.0 Å². The number of rotatable bonds is 3. The molecule has 0 unspecified atom stereocenters. The van der Waals surface area contributed by atoms with E-state index in [1.165, 1.54) is 0 Å². The van der Waals surface area contributed by atoms with Crippen molar-refractivity contribution in [2.24, 2.45) is 7.05 Å². The predicted molar refractivity (Wildman–Crippen MR) is 96.8 cm³/mol. The van der Waals surface area contributed by atoms with Crippen molar-refractivity contribution in [1.82, 2.24) is 24.9 Å². The fraction of sp³-hybridized carbons (Fsp3) is 0.278. The standard InChI is InChI=1S/C18H18ClN5O2/c1-23-10-13(8-21-23)17-15(9-20-22-17)18(25)24-6-7-26-16(11-24)12-2-4-14(19)5-3-12/h2-5,8-10,16H,6-7,11H2,1H3,(H,20,22)/t16-/m1/s1. The van der Waals surface area contributed by atoms with Crippen LogP contribution in [0.2, 0.25) is 5.02 Å². The van der Waals surface area contributed by atoms with Crippen LogP contribution in [-0.2, 0) is 11.8 Å². The third-order valence-electron chi connectivity index (χ3n) is 4.46. The van der Waals surface area contributed by atoms with Crippen LogP contribution in [0.5, 0.6) is 0 Å². The number of aromatic amines is 1. The van der Waals surface area contributed by atoms with Crippen molar-refractivity contribution in [3.05, 3.63) is 59.0 Å². The number of nitrogens with one attached hydrogen (secondary N) is 1. The molecule has 1 fully saturated rings. The quantitative estimate of drug-likeness (QED) is 0.768. The lowest BCUT2D eigenvalue weighted by molar-refractivity contribution is -0.0227. The van der Waals surface area contributed by atoms with Gasteiger partial charge < -0.3 is 9.64 Å². The molecule has 1 aromatic carbocycles. The maximum absolute atomic E-state index is 13.1. The van der Waals surface area contributed by atoms with Gasteiger partial charge in [-0.25, -0.2) is 0 Å². The molecule has 1 saturated heterocycles. The number of hydrogen-bond acceptors (Lipinski definition) is 4. The highest BCUT2D eigenvalue weighted by Gasteiger charge is 2.28. The summed E-state index contributed by atoms with van der Waals surface area (Å²) >= 11 is 5.95. The Balaban J connectivity index is 1.55. The maximum atomic E-state index is 13.1. The lowest BCUT2D eigenvalue weighted by Crippen LogP contribution is -2.42. The zero-order valence-corrected chi connectivity index (χ0v) is 15.0. The molecule has 1 atom stereocenters. The van der Waals surface area contributed by atoms with E-state index in [9.17, 15) is 4.79 Å². The summed E-state index contributed by atoms with van der Waals surface area (Å²) in [5.74, 6) is -0.0696. The molecule has 0 spiro atoms. The van der Waals surface area contributed by atoms with E-state index < -0.39 is 0 Å². The van der Waals surface area contributed by atoms with E-state index in [0.717, 1.165) is 11.1 Å². The average Bonchev–Trinajstić information content (AvgIpc) is 3.30. The van der Waals surface area contributed by atoms with Crippen molar-refractivity contribution >= 4 is 17.5 Å². The number of halogens is 1. The Hall–Kier alpha value is -2.64. The number of ether oxygens (including phenoxy) is 1. The fourth-order valence-electron chi connectivity index (χ4n) is 3.10. The molecule has 1 N–H and O–H groups in total. The summed E-state index contributed by atoms with van der Waals surface area (Å²) in [4.78, 5) is 14.9. The Bertz CT molecular complexity index is 918. The zero-order chi connectivity index (χ0) is 18.1. The fourth-order valence-corrected chi connectivity index (χ4v) is 3.23. The summed E-state index contributed by atoms with van der Waals surface area (Å²) in [5, 5.41) is 11.8. The van der Waals surface area contributed by atoms with Crippen LogP contribution < -0.4 is 0 Å². The second-order valence-corrected chi connectivity index (χ2v) is 6.66. The van der Waals surface area contributed by atoms with Crippen LogP contribution in [0.15, 0.2) is 42.9 Å². The molecule has 26 heavy (non-hydrogen) atoms. The Morgan fingerprint density at radius 3 is 2.85 bits per heavy atom. The van der Waals surface area contributed by atoms with Gasteiger partial charge in [-0.05, 0) is 17.7 Å². The van der Waals surface area contributed by atoms with Crippen molar-refractivity contribution in [1.29, 1.82) is 0 Å². The minimum Gasteiger partial charge on any atom is -0.370 e. The molecular weight excluding hydrogens is 354 g/mol. The summed E-state index contributed by atoms with van der Waals surface area (Å²) in [6.07, 6.45) is 4.95. The molecule has 2 aromatic heterocycles. The SMILES string of the molecule is Cn1cc(-c2[nH]ncc2C(=O)N2CCO[C@@H](c3ccc(Cl)cc3)C2)cn1. The summed E-state index contributed by atoms with van der Waals surface area (Å²) in [6, 6.07) is 7.52. The molecule has 4 rings (SSSR count). The molecule has 134 valence electrons. The van der Waals surface area contributed by atoms with E-state index >= 15 is 0 Å². The van der Waals surface area contributed by atoms with Crippen LogP contribution in [0.1, 0.15) is 22.0 Å². The molecule has 7 nitrogen and oxygen atoms in total. The molecular formula is C18H18ClN5O2. The lowest BCUT2D eigenvalue weighted by atomic mass is 10.1. The van der Waals surface area contributed by atoms with Gasteiger partial charge in [0.05, 0.1) is 36.8 Å². The molecule has 0 aliphatic carbocycles. The molecule has 1 aliphatic heterocycles. The Morgan fingerprint density at radius 2 is 2.12 bits per heavy atom. The van der Waals surface area contributed by atoms with Gasteiger partial charge >= 0.3 is 0 Å². The van der Waals surface area contributed by atoms with Crippen LogP contribution in [0.3, 0.4) is 0 Å². The predicted octanol–water partition coefficient (Wildman–Crippen LogP) is 2.68. The van der Waals surface area contributed by atoms with Gasteiger partial charge in [-0.1, -0.05) is 23.7 Å². The third kappa shape index (κ3) is 3.23. The Morgan fingerprint density at radius 1 is 1.31 bits per heavy atom. The van der Waals surface area contributed by atoms with E-state index in [4.69, 9.17) is 16.3 Å². The van der Waals surface area contributed by atoms with Crippen molar-refractivity contribution in [3.63, 3.8) is 0 Å². The van der Waals surface area contributed by atoms with Crippen molar-refractivity contribution < 1.29 is 9.53 Å². The first-order valence-electron chi connectivity index (χ1n) is 8.30. The smallest absolute Gasteiger partial charge is 0.257 e. The number of benzene rings is 1. The summed E-state index contributed by atoms with van der Waals surface area (Å²) in [5.41, 5.74) is 3.05. The second-order valence-electron chi connectivity index (χ2n) is 6.22. The highest BCUT2D eigenvalue weighted by Crippen LogP contribution is 2.27. The molecule has 8 heteroatoms. The molecule has 3 aromatic rings. The highest BCUT2D eigenvalue weighted by molar-refractivity contribution is 6.30. The largest absolute Gasteiger partial charge is 0.370 e. The molecule has 1 amide bonds. The van der Waals surface area contributed by atoms with Gasteiger partial charge in [0.1, 0.15) is 6.10 Å². The highest BCUT2D eigenvalue weighted by atomic mass is 35.5. The monoisotopic (exact) mass is 371 g/mol. The third-order valence-corrected chi connectivity index (χ3v) is 4.71. The number of amides is 1. The normalized spacial score (nSPS) is 17.5. The number of H-pyrrole nitrogens is 1. The Kier molecular flexibility index (Phi) is 4.48. The minimum atomic E-state index is -0.168. The number of carbonyl (C=O) groups excluding carboxylic acids is 1. The number of aryl methyl sites for hydroxylation is 1. The van der Waals surface area contributed by atoms with E-state index in [1.807, 2.05) is 37.5 Å². The van der Waals surface area contributed by atoms with Crippen LogP contribution in [0, 0.1) is 0 Å². The van der Waals surface area contributed by atoms with Crippen LogP contribution in [-0.4, -0.2) is 50.5 Å². The number of aromatic nitrogens is 4. The van der Waals surface area contributed by atoms with Crippen molar-refractivity contribution in [2.45, 2.75) is 6.10 Å². The topological polar surface area (TPSA) is 76.0 Å². The molecule has 3 heterocycles. The first kappa shape index (κ1) is 16.8. The van der Waals surface area contributed by atoms with Gasteiger partial charge in [0.2, 0.25) is 0 Å². The maximum Gasteiger partial charge on any atom is 0.257 e. The molecule has 0 radical (unpaired) electrons. The van der Waals surface area contributed by atoms with Crippen molar-refractivity contribution in [2.75, 3.05) is 19.7 Å². The summed E-state index contributed by atoms with van der Waals surface area (Å²) < 4.78 is 7.54. The van der Waals surface area contributed by atoms with Gasteiger partial charge in [-0.15, -0.1) is 0 Å². The molecule has 0 bridgehead atoms. The minimum absolute atomic E-state index is 0.0696. The second kappa shape index (κ2) is 6.93. The number of morpholine rings is 1.